The van der Waals surface area contributed by atoms with Crippen molar-refractivity contribution >= 4 is 35.0 Å². The molecule has 0 heterocycles. The fraction of sp³-hybridized carbons (Fsp3) is 0.190. The summed E-state index contributed by atoms with van der Waals surface area (Å²) in [5.74, 6) is -0.173. The molecular weight excluding hydrogens is 371 g/mol. The number of nitrogens with zero attached hydrogens (tertiary/aromatic N) is 1. The second kappa shape index (κ2) is 8.05. The van der Waals surface area contributed by atoms with Gasteiger partial charge in [0.05, 0.1) is 17.0 Å². The number of carbonyl (C=O) groups excluding carboxylic acids is 1. The highest BCUT2D eigenvalue weighted by Gasteiger charge is 2.30. The number of alkyl halides is 3. The Kier molecular flexibility index (Phi) is 5.75. The van der Waals surface area contributed by atoms with Crippen molar-refractivity contribution in [3.63, 3.8) is 0 Å². The Balaban J connectivity index is 1.90. The van der Waals surface area contributed by atoms with Gasteiger partial charge in [-0.25, -0.2) is 0 Å². The Morgan fingerprint density at radius 2 is 1.67 bits per heavy atom. The van der Waals surface area contributed by atoms with E-state index in [1.807, 2.05) is 42.5 Å². The third kappa shape index (κ3) is 4.45. The first kappa shape index (κ1) is 19.3. The zero-order valence-corrected chi connectivity index (χ0v) is 15.3. The number of halogens is 3. The van der Waals surface area contributed by atoms with Crippen LogP contribution < -0.4 is 4.90 Å². The maximum Gasteiger partial charge on any atom is 0.416 e. The highest BCUT2D eigenvalue weighted by Crippen LogP contribution is 2.30. The first-order valence-electron chi connectivity index (χ1n) is 8.45. The van der Waals surface area contributed by atoms with Crippen molar-refractivity contribution in [3.8, 4) is 0 Å². The van der Waals surface area contributed by atoms with Crippen LogP contribution in [0.25, 0.3) is 10.8 Å². The van der Waals surface area contributed by atoms with Crippen LogP contribution in [-0.2, 0) is 17.4 Å². The lowest BCUT2D eigenvalue weighted by molar-refractivity contribution is -0.137. The van der Waals surface area contributed by atoms with E-state index in [9.17, 15) is 18.0 Å². The largest absolute Gasteiger partial charge is 0.416 e. The van der Waals surface area contributed by atoms with Crippen LogP contribution in [0.15, 0.2) is 66.7 Å². The van der Waals surface area contributed by atoms with E-state index in [0.717, 1.165) is 28.6 Å². The van der Waals surface area contributed by atoms with Crippen molar-refractivity contribution in [2.45, 2.75) is 12.6 Å². The Bertz CT molecular complexity index is 950. The average Bonchev–Trinajstić information content (AvgIpc) is 2.67. The molecule has 0 radical (unpaired) electrons. The number of hydrogen-bond acceptors (Lipinski definition) is 2. The molecule has 27 heavy (non-hydrogen) atoms. The maximum atomic E-state index is 12.9. The molecule has 0 unspecified atom stereocenters. The van der Waals surface area contributed by atoms with Crippen LogP contribution in [0.2, 0.25) is 0 Å². The SMILES string of the molecule is O=C(CS)N(CCc1cccc(C(F)(F)F)c1)c1cccc2ccccc12. The van der Waals surface area contributed by atoms with Gasteiger partial charge in [0.1, 0.15) is 0 Å². The molecule has 3 aromatic rings. The summed E-state index contributed by atoms with van der Waals surface area (Å²) in [7, 11) is 0. The topological polar surface area (TPSA) is 20.3 Å². The van der Waals surface area contributed by atoms with Crippen molar-refractivity contribution in [1.29, 1.82) is 0 Å². The summed E-state index contributed by atoms with van der Waals surface area (Å²) in [6.45, 7) is 0.273. The standard InChI is InChI=1S/C21H18F3NOS/c22-21(23,24)17-8-3-5-15(13-17)11-12-25(20(26)14-27)19-10-4-7-16-6-1-2-9-18(16)19/h1-10,13,27H,11-12,14H2. The van der Waals surface area contributed by atoms with Gasteiger partial charge in [0.25, 0.3) is 0 Å². The summed E-state index contributed by atoms with van der Waals surface area (Å²) in [4.78, 5) is 14.1. The van der Waals surface area contributed by atoms with Crippen LogP contribution in [0.1, 0.15) is 11.1 Å². The third-order valence-electron chi connectivity index (χ3n) is 4.37. The number of fused-ring (bicyclic) bond motifs is 1. The monoisotopic (exact) mass is 389 g/mol. The Labute approximate surface area is 161 Å². The number of hydrogen-bond donors (Lipinski definition) is 1. The minimum absolute atomic E-state index is 0.0197. The molecule has 3 rings (SSSR count). The van der Waals surface area contributed by atoms with Gasteiger partial charge in [-0.05, 0) is 29.5 Å². The average molecular weight is 389 g/mol. The van der Waals surface area contributed by atoms with Crippen LogP contribution in [0, 0.1) is 0 Å². The van der Waals surface area contributed by atoms with Crippen molar-refractivity contribution in [2.24, 2.45) is 0 Å². The molecule has 2 nitrogen and oxygen atoms in total. The summed E-state index contributed by atoms with van der Waals surface area (Å²) in [6, 6.07) is 18.6. The zero-order valence-electron chi connectivity index (χ0n) is 14.4. The molecule has 0 spiro atoms. The molecule has 0 saturated heterocycles. The normalized spacial score (nSPS) is 11.6. The summed E-state index contributed by atoms with van der Waals surface area (Å²) in [5.41, 5.74) is 0.582. The molecule has 140 valence electrons. The smallest absolute Gasteiger partial charge is 0.311 e. The van der Waals surface area contributed by atoms with Gasteiger partial charge in [0, 0.05) is 11.9 Å². The first-order valence-corrected chi connectivity index (χ1v) is 9.08. The van der Waals surface area contributed by atoms with Crippen LogP contribution in [0.4, 0.5) is 18.9 Å². The molecule has 0 atom stereocenters. The van der Waals surface area contributed by atoms with Gasteiger partial charge in [-0.2, -0.15) is 25.8 Å². The number of amides is 1. The second-order valence-corrected chi connectivity index (χ2v) is 6.47. The van der Waals surface area contributed by atoms with E-state index in [-0.39, 0.29) is 18.2 Å². The lowest BCUT2D eigenvalue weighted by atomic mass is 10.1. The fourth-order valence-electron chi connectivity index (χ4n) is 3.05. The van der Waals surface area contributed by atoms with E-state index in [0.29, 0.717) is 12.0 Å². The highest BCUT2D eigenvalue weighted by atomic mass is 32.1. The molecule has 3 aromatic carbocycles. The lowest BCUT2D eigenvalue weighted by Crippen LogP contribution is -2.34. The van der Waals surface area contributed by atoms with Crippen molar-refractivity contribution in [2.75, 3.05) is 17.2 Å². The molecule has 0 aromatic heterocycles. The van der Waals surface area contributed by atoms with E-state index in [1.165, 1.54) is 6.07 Å². The maximum absolute atomic E-state index is 12.9. The van der Waals surface area contributed by atoms with Gasteiger partial charge in [0.2, 0.25) is 5.91 Å². The number of thiol groups is 1. The van der Waals surface area contributed by atoms with Crippen LogP contribution >= 0.6 is 12.6 Å². The highest BCUT2D eigenvalue weighted by molar-refractivity contribution is 7.81. The number of carbonyl (C=O) groups is 1. The molecule has 6 heteroatoms. The molecule has 0 bridgehead atoms. The second-order valence-electron chi connectivity index (χ2n) is 6.15. The van der Waals surface area contributed by atoms with E-state index < -0.39 is 11.7 Å². The molecule has 1 amide bonds. The van der Waals surface area contributed by atoms with Gasteiger partial charge in [-0.3, -0.25) is 4.79 Å². The Morgan fingerprint density at radius 1 is 0.963 bits per heavy atom. The summed E-state index contributed by atoms with van der Waals surface area (Å²) in [6.07, 6.45) is -4.07. The Hall–Kier alpha value is -2.47. The Morgan fingerprint density at radius 3 is 2.41 bits per heavy atom. The van der Waals surface area contributed by atoms with Crippen LogP contribution in [0.5, 0.6) is 0 Å². The first-order chi connectivity index (χ1) is 12.9. The molecule has 0 fully saturated rings. The molecular formula is C21H18F3NOS. The summed E-state index contributed by atoms with van der Waals surface area (Å²) >= 11 is 4.09. The van der Waals surface area contributed by atoms with Crippen molar-refractivity contribution in [1.82, 2.24) is 0 Å². The predicted molar refractivity (Wildman–Crippen MR) is 105 cm³/mol. The summed E-state index contributed by atoms with van der Waals surface area (Å²) < 4.78 is 38.7. The fourth-order valence-corrected chi connectivity index (χ4v) is 3.22. The zero-order chi connectivity index (χ0) is 19.4. The minimum atomic E-state index is -4.38. The van der Waals surface area contributed by atoms with E-state index >= 15 is 0 Å². The van der Waals surface area contributed by atoms with Crippen LogP contribution in [-0.4, -0.2) is 18.2 Å². The van der Waals surface area contributed by atoms with E-state index in [4.69, 9.17) is 0 Å². The van der Waals surface area contributed by atoms with Crippen molar-refractivity contribution in [3.05, 3.63) is 77.9 Å². The molecule has 0 N–H and O–H groups in total. The van der Waals surface area contributed by atoms with E-state index in [2.05, 4.69) is 12.6 Å². The van der Waals surface area contributed by atoms with Crippen molar-refractivity contribution < 1.29 is 18.0 Å². The number of anilines is 1. The summed E-state index contributed by atoms with van der Waals surface area (Å²) in [5, 5.41) is 1.91. The number of benzene rings is 3. The number of rotatable bonds is 5. The van der Waals surface area contributed by atoms with Gasteiger partial charge in [-0.1, -0.05) is 54.6 Å². The molecule has 0 aliphatic rings. The third-order valence-corrected chi connectivity index (χ3v) is 4.64. The lowest BCUT2D eigenvalue weighted by Gasteiger charge is -2.24. The van der Waals surface area contributed by atoms with E-state index in [1.54, 1.807) is 11.0 Å². The van der Waals surface area contributed by atoms with Gasteiger partial charge in [-0.15, -0.1) is 0 Å². The minimum Gasteiger partial charge on any atom is -0.311 e. The van der Waals surface area contributed by atoms with Gasteiger partial charge >= 0.3 is 6.18 Å². The predicted octanol–water partition coefficient (Wildman–Crippen LogP) is 5.36. The van der Waals surface area contributed by atoms with Crippen LogP contribution in [0.3, 0.4) is 0 Å². The molecule has 0 saturated carbocycles. The van der Waals surface area contributed by atoms with Gasteiger partial charge < -0.3 is 4.90 Å². The van der Waals surface area contributed by atoms with Gasteiger partial charge in [0.15, 0.2) is 0 Å². The quantitative estimate of drug-likeness (QED) is 0.582. The molecule has 0 aliphatic heterocycles. The molecule has 0 aliphatic carbocycles.